The standard InChI is InChI=1S/C23H26N4OS/c1-15(2)26-22(21(25-23(26)29)19-7-5-6-14-24-19)20-13-8-16(3)27(20)17-9-11-18(28-4)12-10-17/h5-15,21-22H,1-4H3,(H,25,29)/t21-,22+/m1/s1. The van der Waals surface area contributed by atoms with Crippen molar-refractivity contribution in [2.45, 2.75) is 38.9 Å². The molecule has 150 valence electrons. The lowest BCUT2D eigenvalue weighted by atomic mass is 10.0. The first-order valence-electron chi connectivity index (χ1n) is 9.83. The van der Waals surface area contributed by atoms with Gasteiger partial charge in [0.15, 0.2) is 5.11 Å². The van der Waals surface area contributed by atoms with Gasteiger partial charge in [-0.2, -0.15) is 0 Å². The Morgan fingerprint density at radius 2 is 1.83 bits per heavy atom. The van der Waals surface area contributed by atoms with Gasteiger partial charge in [0.05, 0.1) is 24.9 Å². The number of benzene rings is 1. The Labute approximate surface area is 177 Å². The third-order valence-electron chi connectivity index (χ3n) is 5.43. The molecule has 3 aromatic rings. The van der Waals surface area contributed by atoms with Crippen LogP contribution in [0.25, 0.3) is 5.69 Å². The number of rotatable bonds is 5. The fourth-order valence-corrected chi connectivity index (χ4v) is 4.56. The van der Waals surface area contributed by atoms with Gasteiger partial charge in [0.2, 0.25) is 0 Å². The molecule has 1 fully saturated rings. The zero-order chi connectivity index (χ0) is 20.5. The Kier molecular flexibility index (Phi) is 5.28. The van der Waals surface area contributed by atoms with Crippen molar-refractivity contribution in [2.75, 3.05) is 7.11 Å². The number of thiocarbonyl (C=S) groups is 1. The first kappa shape index (κ1) is 19.5. The second-order valence-electron chi connectivity index (χ2n) is 7.56. The molecule has 6 heteroatoms. The molecular weight excluding hydrogens is 380 g/mol. The molecule has 0 unspecified atom stereocenters. The van der Waals surface area contributed by atoms with Crippen LogP contribution in [-0.4, -0.2) is 32.7 Å². The van der Waals surface area contributed by atoms with Crippen molar-refractivity contribution in [3.05, 3.63) is 77.9 Å². The molecule has 0 aliphatic carbocycles. The molecule has 1 saturated heterocycles. The number of pyridine rings is 1. The highest BCUT2D eigenvalue weighted by Crippen LogP contribution is 2.41. The van der Waals surface area contributed by atoms with Crippen LogP contribution in [0.5, 0.6) is 5.75 Å². The van der Waals surface area contributed by atoms with E-state index in [1.807, 2.05) is 30.5 Å². The zero-order valence-corrected chi connectivity index (χ0v) is 18.0. The quantitative estimate of drug-likeness (QED) is 0.629. The number of aryl methyl sites for hydroxylation is 1. The maximum atomic E-state index is 5.73. The third-order valence-corrected chi connectivity index (χ3v) is 5.76. The van der Waals surface area contributed by atoms with Gasteiger partial charge in [-0.15, -0.1) is 0 Å². The van der Waals surface area contributed by atoms with E-state index in [9.17, 15) is 0 Å². The minimum atomic E-state index is -0.0163. The van der Waals surface area contributed by atoms with Crippen LogP contribution in [0, 0.1) is 6.92 Å². The Morgan fingerprint density at radius 3 is 2.45 bits per heavy atom. The molecule has 4 rings (SSSR count). The summed E-state index contributed by atoms with van der Waals surface area (Å²) >= 11 is 5.73. The van der Waals surface area contributed by atoms with Crippen LogP contribution in [-0.2, 0) is 0 Å². The van der Waals surface area contributed by atoms with E-state index >= 15 is 0 Å². The summed E-state index contributed by atoms with van der Waals surface area (Å²) in [6.45, 7) is 6.48. The van der Waals surface area contributed by atoms with Gasteiger partial charge < -0.3 is 19.5 Å². The number of aromatic nitrogens is 2. The predicted octanol–water partition coefficient (Wildman–Crippen LogP) is 4.57. The van der Waals surface area contributed by atoms with E-state index in [0.29, 0.717) is 0 Å². The average Bonchev–Trinajstić information content (AvgIpc) is 3.28. The number of ether oxygens (including phenoxy) is 1. The number of hydrogen-bond donors (Lipinski definition) is 1. The van der Waals surface area contributed by atoms with Crippen molar-refractivity contribution < 1.29 is 4.74 Å². The van der Waals surface area contributed by atoms with Crippen LogP contribution >= 0.6 is 12.2 Å². The SMILES string of the molecule is COc1ccc(-n2c(C)ccc2[C@H]2[C@@H](c3ccccn3)NC(=S)N2C(C)C)cc1. The molecule has 1 aliphatic rings. The van der Waals surface area contributed by atoms with Crippen molar-refractivity contribution in [3.8, 4) is 11.4 Å². The zero-order valence-electron chi connectivity index (χ0n) is 17.2. The van der Waals surface area contributed by atoms with Gasteiger partial charge in [-0.1, -0.05) is 6.07 Å². The molecule has 0 amide bonds. The topological polar surface area (TPSA) is 42.3 Å². The molecule has 3 heterocycles. The van der Waals surface area contributed by atoms with E-state index < -0.39 is 0 Å². The highest BCUT2D eigenvalue weighted by atomic mass is 32.1. The number of nitrogens with zero attached hydrogens (tertiary/aromatic N) is 3. The maximum absolute atomic E-state index is 5.73. The summed E-state index contributed by atoms with van der Waals surface area (Å²) in [6.07, 6.45) is 1.84. The van der Waals surface area contributed by atoms with Gasteiger partial charge in [0.1, 0.15) is 5.75 Å². The molecule has 0 saturated carbocycles. The predicted molar refractivity (Wildman–Crippen MR) is 119 cm³/mol. The minimum absolute atomic E-state index is 0.0163. The Morgan fingerprint density at radius 1 is 1.07 bits per heavy atom. The van der Waals surface area contributed by atoms with Crippen molar-refractivity contribution >= 4 is 17.3 Å². The van der Waals surface area contributed by atoms with E-state index in [-0.39, 0.29) is 18.1 Å². The van der Waals surface area contributed by atoms with Crippen molar-refractivity contribution in [3.63, 3.8) is 0 Å². The van der Waals surface area contributed by atoms with Crippen LogP contribution in [0.4, 0.5) is 0 Å². The van der Waals surface area contributed by atoms with Crippen LogP contribution in [0.15, 0.2) is 60.8 Å². The molecular formula is C23H26N4OS. The van der Waals surface area contributed by atoms with E-state index in [1.165, 1.54) is 11.4 Å². The van der Waals surface area contributed by atoms with Gasteiger partial charge in [0, 0.05) is 29.3 Å². The van der Waals surface area contributed by atoms with E-state index in [0.717, 1.165) is 22.2 Å². The molecule has 0 spiro atoms. The van der Waals surface area contributed by atoms with Gasteiger partial charge in [-0.25, -0.2) is 0 Å². The summed E-state index contributed by atoms with van der Waals surface area (Å²) < 4.78 is 7.63. The largest absolute Gasteiger partial charge is 0.497 e. The van der Waals surface area contributed by atoms with Crippen molar-refractivity contribution in [1.29, 1.82) is 0 Å². The van der Waals surface area contributed by atoms with Gasteiger partial charge in [-0.3, -0.25) is 4.98 Å². The molecule has 5 nitrogen and oxygen atoms in total. The van der Waals surface area contributed by atoms with E-state index in [1.54, 1.807) is 7.11 Å². The summed E-state index contributed by atoms with van der Waals surface area (Å²) in [5.41, 5.74) is 4.45. The lowest BCUT2D eigenvalue weighted by Gasteiger charge is -2.32. The minimum Gasteiger partial charge on any atom is -0.497 e. The maximum Gasteiger partial charge on any atom is 0.170 e. The molecule has 1 aromatic carbocycles. The summed E-state index contributed by atoms with van der Waals surface area (Å²) in [5, 5.41) is 4.28. The van der Waals surface area contributed by atoms with Crippen molar-refractivity contribution in [1.82, 2.24) is 19.8 Å². The van der Waals surface area contributed by atoms with Gasteiger partial charge >= 0.3 is 0 Å². The Balaban J connectivity index is 1.85. The summed E-state index contributed by atoms with van der Waals surface area (Å²) in [5.74, 6) is 0.846. The van der Waals surface area contributed by atoms with Crippen LogP contribution in [0.1, 0.15) is 43.0 Å². The summed E-state index contributed by atoms with van der Waals surface area (Å²) in [4.78, 5) is 6.90. The smallest absolute Gasteiger partial charge is 0.170 e. The Bertz CT molecular complexity index is 997. The second kappa shape index (κ2) is 7.87. The van der Waals surface area contributed by atoms with Gasteiger partial charge in [-0.05, 0) is 81.5 Å². The highest BCUT2D eigenvalue weighted by molar-refractivity contribution is 7.80. The molecule has 2 atom stereocenters. The fourth-order valence-electron chi connectivity index (χ4n) is 4.11. The first-order valence-corrected chi connectivity index (χ1v) is 10.2. The number of methoxy groups -OCH3 is 1. The molecule has 2 aromatic heterocycles. The lowest BCUT2D eigenvalue weighted by Crippen LogP contribution is -2.36. The molecule has 29 heavy (non-hydrogen) atoms. The van der Waals surface area contributed by atoms with Crippen molar-refractivity contribution in [2.24, 2.45) is 0 Å². The number of nitrogens with one attached hydrogen (secondary N) is 1. The summed E-state index contributed by atoms with van der Waals surface area (Å²) in [7, 11) is 1.68. The first-order chi connectivity index (χ1) is 14.0. The average molecular weight is 407 g/mol. The molecule has 1 N–H and O–H groups in total. The van der Waals surface area contributed by atoms with E-state index in [2.05, 4.69) is 70.9 Å². The van der Waals surface area contributed by atoms with Crippen LogP contribution in [0.2, 0.25) is 0 Å². The third kappa shape index (κ3) is 3.49. The highest BCUT2D eigenvalue weighted by Gasteiger charge is 2.42. The van der Waals surface area contributed by atoms with Gasteiger partial charge in [0.25, 0.3) is 0 Å². The number of hydrogen-bond acceptors (Lipinski definition) is 3. The summed E-state index contributed by atoms with van der Waals surface area (Å²) in [6, 6.07) is 18.8. The van der Waals surface area contributed by atoms with E-state index in [4.69, 9.17) is 17.0 Å². The Hall–Kier alpha value is -2.86. The fraction of sp³-hybridized carbons (Fsp3) is 0.304. The van der Waals surface area contributed by atoms with Crippen LogP contribution < -0.4 is 10.1 Å². The second-order valence-corrected chi connectivity index (χ2v) is 7.95. The molecule has 0 radical (unpaired) electrons. The van der Waals surface area contributed by atoms with Crippen LogP contribution in [0.3, 0.4) is 0 Å². The molecule has 1 aliphatic heterocycles. The molecule has 0 bridgehead atoms. The normalized spacial score (nSPS) is 18.9. The monoisotopic (exact) mass is 406 g/mol. The lowest BCUT2D eigenvalue weighted by molar-refractivity contribution is 0.262.